The number of nitrogens with zero attached hydrogens (tertiary/aromatic N) is 4. The van der Waals surface area contributed by atoms with Crippen molar-refractivity contribution < 1.29 is 27.5 Å². The number of aryl methyl sites for hydroxylation is 1. The van der Waals surface area contributed by atoms with Gasteiger partial charge in [-0.25, -0.2) is 4.98 Å². The van der Waals surface area contributed by atoms with E-state index in [4.69, 9.17) is 9.72 Å². The normalized spacial score (nSPS) is 15.1. The van der Waals surface area contributed by atoms with Gasteiger partial charge in [0.25, 0.3) is 5.91 Å². The zero-order valence-electron chi connectivity index (χ0n) is 17.3. The first-order valence-electron chi connectivity index (χ1n) is 10.00. The largest absolute Gasteiger partial charge is 0.425 e. The van der Waals surface area contributed by atoms with E-state index >= 15 is 0 Å². The van der Waals surface area contributed by atoms with Gasteiger partial charge in [-0.3, -0.25) is 9.69 Å². The SMILES string of the molecule is COCCCn1c(CN2C(=O)/C(=N\OCC(F)(F)F)c3ccccc32)nc2ccccc21. The van der Waals surface area contributed by atoms with Crippen LogP contribution in [0, 0.1) is 0 Å². The third-order valence-corrected chi connectivity index (χ3v) is 5.05. The monoisotopic (exact) mass is 446 g/mol. The minimum atomic E-state index is -4.54. The molecule has 0 N–H and O–H groups in total. The number of ether oxygens (including phenoxy) is 1. The van der Waals surface area contributed by atoms with Gasteiger partial charge in [0.15, 0.2) is 5.71 Å². The summed E-state index contributed by atoms with van der Waals surface area (Å²) in [5.41, 5.74) is 2.53. The highest BCUT2D eigenvalue weighted by Gasteiger charge is 2.36. The molecule has 0 unspecified atom stereocenters. The fourth-order valence-corrected chi connectivity index (χ4v) is 3.68. The summed E-state index contributed by atoms with van der Waals surface area (Å²) in [6.07, 6.45) is -3.79. The van der Waals surface area contributed by atoms with Crippen LogP contribution in [0.15, 0.2) is 53.7 Å². The van der Waals surface area contributed by atoms with Gasteiger partial charge < -0.3 is 14.1 Å². The van der Waals surface area contributed by atoms with Crippen LogP contribution in [0.4, 0.5) is 18.9 Å². The quantitative estimate of drug-likeness (QED) is 0.389. The number of fused-ring (bicyclic) bond motifs is 2. The maximum Gasteiger partial charge on any atom is 0.425 e. The molecule has 168 valence electrons. The third-order valence-electron chi connectivity index (χ3n) is 5.05. The molecule has 1 aliphatic rings. The molecule has 0 saturated heterocycles. The summed E-state index contributed by atoms with van der Waals surface area (Å²) >= 11 is 0. The molecule has 32 heavy (non-hydrogen) atoms. The Morgan fingerprint density at radius 1 is 1.09 bits per heavy atom. The molecule has 0 bridgehead atoms. The van der Waals surface area contributed by atoms with E-state index in [-0.39, 0.29) is 12.3 Å². The van der Waals surface area contributed by atoms with Crippen LogP contribution in [-0.2, 0) is 27.5 Å². The number of para-hydroxylation sites is 3. The lowest BCUT2D eigenvalue weighted by atomic mass is 10.1. The molecule has 4 rings (SSSR count). The lowest BCUT2D eigenvalue weighted by Crippen LogP contribution is -2.31. The fourth-order valence-electron chi connectivity index (χ4n) is 3.68. The second-order valence-electron chi connectivity index (χ2n) is 7.25. The van der Waals surface area contributed by atoms with Gasteiger partial charge in [-0.05, 0) is 24.6 Å². The Kier molecular flexibility index (Phi) is 6.13. The molecule has 3 aromatic rings. The molecule has 2 heterocycles. The fraction of sp³-hybridized carbons (Fsp3) is 0.318. The second kappa shape index (κ2) is 8.99. The number of hydrogen-bond donors (Lipinski definition) is 0. The number of hydrogen-bond acceptors (Lipinski definition) is 5. The number of benzene rings is 2. The van der Waals surface area contributed by atoms with Crippen LogP contribution in [0.25, 0.3) is 11.0 Å². The van der Waals surface area contributed by atoms with E-state index < -0.39 is 18.7 Å². The van der Waals surface area contributed by atoms with Gasteiger partial charge in [0.2, 0.25) is 6.61 Å². The van der Waals surface area contributed by atoms with Gasteiger partial charge in [-0.15, -0.1) is 0 Å². The van der Waals surface area contributed by atoms with Crippen molar-refractivity contribution in [2.75, 3.05) is 25.2 Å². The van der Waals surface area contributed by atoms with Crippen LogP contribution in [0.3, 0.4) is 0 Å². The van der Waals surface area contributed by atoms with Crippen LogP contribution in [0.1, 0.15) is 17.8 Å². The van der Waals surface area contributed by atoms with E-state index in [2.05, 4.69) is 9.99 Å². The molecule has 0 atom stereocenters. The number of imidazole rings is 1. The molecule has 0 aliphatic carbocycles. The van der Waals surface area contributed by atoms with Crippen molar-refractivity contribution in [1.29, 1.82) is 0 Å². The van der Waals surface area contributed by atoms with Crippen molar-refractivity contribution in [1.82, 2.24) is 9.55 Å². The number of carbonyl (C=O) groups excluding carboxylic acids is 1. The Labute approximate surface area is 182 Å². The first-order chi connectivity index (χ1) is 15.4. The summed E-state index contributed by atoms with van der Waals surface area (Å²) < 4.78 is 44.5. The van der Waals surface area contributed by atoms with Gasteiger partial charge in [0.1, 0.15) is 5.82 Å². The number of alkyl halides is 3. The average Bonchev–Trinajstić information content (AvgIpc) is 3.24. The molecular weight excluding hydrogens is 425 g/mol. The minimum absolute atomic E-state index is 0.135. The Hall–Kier alpha value is -3.40. The molecular formula is C22H21F3N4O3. The molecule has 0 radical (unpaired) electrons. The van der Waals surface area contributed by atoms with Gasteiger partial charge in [0, 0.05) is 25.8 Å². The summed E-state index contributed by atoms with van der Waals surface area (Å²) in [6, 6.07) is 14.4. The van der Waals surface area contributed by atoms with E-state index in [1.54, 1.807) is 31.4 Å². The van der Waals surface area contributed by atoms with Crippen LogP contribution in [0.5, 0.6) is 0 Å². The van der Waals surface area contributed by atoms with Crippen LogP contribution < -0.4 is 4.90 Å². The predicted octanol–water partition coefficient (Wildman–Crippen LogP) is 3.90. The van der Waals surface area contributed by atoms with E-state index in [1.165, 1.54) is 4.90 Å². The van der Waals surface area contributed by atoms with E-state index in [1.807, 2.05) is 28.8 Å². The summed E-state index contributed by atoms with van der Waals surface area (Å²) in [7, 11) is 1.63. The van der Waals surface area contributed by atoms with E-state index in [9.17, 15) is 18.0 Å². The molecule has 1 aromatic heterocycles. The highest BCUT2D eigenvalue weighted by molar-refractivity contribution is 6.54. The highest BCUT2D eigenvalue weighted by atomic mass is 19.4. The lowest BCUT2D eigenvalue weighted by Gasteiger charge is -2.17. The zero-order chi connectivity index (χ0) is 22.7. The van der Waals surface area contributed by atoms with Gasteiger partial charge in [-0.1, -0.05) is 35.5 Å². The number of anilines is 1. The van der Waals surface area contributed by atoms with E-state index in [0.29, 0.717) is 30.2 Å². The summed E-state index contributed by atoms with van der Waals surface area (Å²) in [5, 5.41) is 3.51. The third kappa shape index (κ3) is 4.45. The molecule has 0 spiro atoms. The van der Waals surface area contributed by atoms with Crippen LogP contribution in [-0.4, -0.2) is 47.7 Å². The van der Waals surface area contributed by atoms with Crippen molar-refractivity contribution in [2.45, 2.75) is 25.7 Å². The average molecular weight is 446 g/mol. The van der Waals surface area contributed by atoms with Gasteiger partial charge in [-0.2, -0.15) is 13.2 Å². The first kappa shape index (κ1) is 21.8. The topological polar surface area (TPSA) is 69.0 Å². The number of oxime groups is 1. The number of amides is 1. The number of rotatable bonds is 8. The smallest absolute Gasteiger partial charge is 0.385 e. The van der Waals surface area contributed by atoms with E-state index in [0.717, 1.165) is 17.5 Å². The minimum Gasteiger partial charge on any atom is -0.385 e. The molecule has 1 amide bonds. The molecule has 0 saturated carbocycles. The van der Waals surface area contributed by atoms with Gasteiger partial charge in [0.05, 0.1) is 23.3 Å². The van der Waals surface area contributed by atoms with Crippen molar-refractivity contribution in [3.8, 4) is 0 Å². The van der Waals surface area contributed by atoms with Crippen molar-refractivity contribution >= 4 is 28.3 Å². The standard InChI is InChI=1S/C22H21F3N4O3/c1-31-12-6-11-28-18-10-5-3-8-16(18)26-19(28)13-29-17-9-4-2-7-15(17)20(21(29)30)27-32-14-22(23,24)25/h2-5,7-10H,6,11-14H2,1H3/b27-20-. The number of halogens is 3. The Morgan fingerprint density at radius 3 is 2.62 bits per heavy atom. The second-order valence-corrected chi connectivity index (χ2v) is 7.25. The van der Waals surface area contributed by atoms with Crippen molar-refractivity contribution in [2.24, 2.45) is 5.16 Å². The Morgan fingerprint density at radius 2 is 1.84 bits per heavy atom. The van der Waals surface area contributed by atoms with Crippen molar-refractivity contribution in [3.05, 3.63) is 59.9 Å². The number of carbonyl (C=O) groups is 1. The number of methoxy groups -OCH3 is 1. The molecule has 10 heteroatoms. The maximum absolute atomic E-state index is 13.1. The molecule has 7 nitrogen and oxygen atoms in total. The van der Waals surface area contributed by atoms with Crippen LogP contribution in [0.2, 0.25) is 0 Å². The maximum atomic E-state index is 13.1. The Balaban J connectivity index is 1.66. The van der Waals surface area contributed by atoms with Crippen molar-refractivity contribution in [3.63, 3.8) is 0 Å². The summed E-state index contributed by atoms with van der Waals surface area (Å²) in [6.45, 7) is -0.217. The number of aromatic nitrogens is 2. The molecule has 2 aromatic carbocycles. The predicted molar refractivity (Wildman–Crippen MR) is 112 cm³/mol. The first-order valence-corrected chi connectivity index (χ1v) is 10.00. The van der Waals surface area contributed by atoms with Crippen LogP contribution >= 0.6 is 0 Å². The lowest BCUT2D eigenvalue weighted by molar-refractivity contribution is -0.173. The molecule has 0 fully saturated rings. The summed E-state index contributed by atoms with van der Waals surface area (Å²) in [4.78, 5) is 23.7. The zero-order valence-corrected chi connectivity index (χ0v) is 17.3. The highest BCUT2D eigenvalue weighted by Crippen LogP contribution is 2.31. The summed E-state index contributed by atoms with van der Waals surface area (Å²) in [5.74, 6) is 0.117. The van der Waals surface area contributed by atoms with Gasteiger partial charge >= 0.3 is 6.18 Å². The molecule has 1 aliphatic heterocycles. The Bertz CT molecular complexity index is 1160.